The molecule has 3 aromatic rings. The average Bonchev–Trinajstić information content (AvgIpc) is 2.81. The molecule has 0 saturated heterocycles. The van der Waals surface area contributed by atoms with E-state index in [2.05, 4.69) is 6.07 Å². The van der Waals surface area contributed by atoms with Crippen LogP contribution in [0.1, 0.15) is 18.7 Å². The van der Waals surface area contributed by atoms with Crippen molar-refractivity contribution in [3.8, 4) is 6.07 Å². The van der Waals surface area contributed by atoms with Gasteiger partial charge >= 0.3 is 5.97 Å². The Hall–Kier alpha value is -2.80. The third-order valence-electron chi connectivity index (χ3n) is 3.59. The molecule has 4 nitrogen and oxygen atoms in total. The van der Waals surface area contributed by atoms with Crippen LogP contribution in [0.4, 0.5) is 0 Å². The van der Waals surface area contributed by atoms with E-state index in [1.807, 2.05) is 36.4 Å². The average molecular weight is 264 g/mol. The van der Waals surface area contributed by atoms with Gasteiger partial charge in [0.05, 0.1) is 0 Å². The highest BCUT2D eigenvalue weighted by molar-refractivity contribution is 6.00. The minimum absolute atomic E-state index is 0.389. The number of aliphatic carboxylic acids is 1. The third-order valence-corrected chi connectivity index (χ3v) is 3.59. The van der Waals surface area contributed by atoms with Crippen LogP contribution in [-0.2, 0) is 4.79 Å². The van der Waals surface area contributed by atoms with Crippen molar-refractivity contribution in [2.45, 2.75) is 13.0 Å². The topological polar surface area (TPSA) is 66.0 Å². The first kappa shape index (κ1) is 12.2. The first-order valence-corrected chi connectivity index (χ1v) is 6.28. The molecule has 3 rings (SSSR count). The van der Waals surface area contributed by atoms with Gasteiger partial charge in [-0.25, -0.2) is 4.79 Å². The number of carbonyl (C=O) groups is 1. The molecule has 0 aliphatic heterocycles. The van der Waals surface area contributed by atoms with Gasteiger partial charge in [0.1, 0.15) is 17.8 Å². The zero-order valence-corrected chi connectivity index (χ0v) is 10.9. The molecule has 0 spiro atoms. The van der Waals surface area contributed by atoms with Gasteiger partial charge in [-0.05, 0) is 29.8 Å². The molecule has 20 heavy (non-hydrogen) atoms. The molecule has 1 aromatic heterocycles. The van der Waals surface area contributed by atoms with Crippen molar-refractivity contribution in [3.63, 3.8) is 0 Å². The van der Waals surface area contributed by atoms with Crippen LogP contribution >= 0.6 is 0 Å². The number of nitriles is 1. The number of hydrogen-bond donors (Lipinski definition) is 1. The van der Waals surface area contributed by atoms with Crippen LogP contribution in [0.25, 0.3) is 21.5 Å². The van der Waals surface area contributed by atoms with Gasteiger partial charge in [-0.1, -0.05) is 24.3 Å². The van der Waals surface area contributed by atoms with Gasteiger partial charge in [0.2, 0.25) is 0 Å². The summed E-state index contributed by atoms with van der Waals surface area (Å²) in [5.74, 6) is -0.952. The molecule has 1 heterocycles. The Labute approximate surface area is 115 Å². The number of carboxylic acids is 1. The summed E-state index contributed by atoms with van der Waals surface area (Å²) in [4.78, 5) is 11.1. The van der Waals surface area contributed by atoms with Crippen molar-refractivity contribution in [3.05, 3.63) is 48.3 Å². The lowest BCUT2D eigenvalue weighted by atomic mass is 10.1. The predicted molar refractivity (Wildman–Crippen MR) is 76.5 cm³/mol. The number of hydrogen-bond acceptors (Lipinski definition) is 2. The summed E-state index contributed by atoms with van der Waals surface area (Å²) in [6.07, 6.45) is 1.74. The molecule has 2 aromatic carbocycles. The highest BCUT2D eigenvalue weighted by Crippen LogP contribution is 2.28. The maximum atomic E-state index is 11.1. The van der Waals surface area contributed by atoms with E-state index in [4.69, 9.17) is 5.11 Å². The first-order valence-electron chi connectivity index (χ1n) is 6.28. The summed E-state index contributed by atoms with van der Waals surface area (Å²) in [6.45, 7) is 1.57. The van der Waals surface area contributed by atoms with Crippen LogP contribution in [0.3, 0.4) is 0 Å². The Morgan fingerprint density at radius 1 is 1.25 bits per heavy atom. The van der Waals surface area contributed by atoms with E-state index in [9.17, 15) is 10.1 Å². The second-order valence-electron chi connectivity index (χ2n) is 4.80. The Kier molecular flexibility index (Phi) is 2.69. The largest absolute Gasteiger partial charge is 0.480 e. The lowest BCUT2D eigenvalue weighted by Gasteiger charge is -2.09. The molecule has 0 radical (unpaired) electrons. The molecule has 98 valence electrons. The van der Waals surface area contributed by atoms with E-state index in [-0.39, 0.29) is 0 Å². The zero-order valence-electron chi connectivity index (χ0n) is 10.9. The van der Waals surface area contributed by atoms with Crippen molar-refractivity contribution < 1.29 is 9.90 Å². The monoisotopic (exact) mass is 264 g/mol. The fourth-order valence-corrected chi connectivity index (χ4v) is 2.47. The van der Waals surface area contributed by atoms with Gasteiger partial charge in [-0.15, -0.1) is 0 Å². The van der Waals surface area contributed by atoms with Crippen LogP contribution in [0.5, 0.6) is 0 Å². The van der Waals surface area contributed by atoms with Gasteiger partial charge in [0.15, 0.2) is 0 Å². The second kappa shape index (κ2) is 4.39. The predicted octanol–water partition coefficient (Wildman–Crippen LogP) is 3.31. The van der Waals surface area contributed by atoms with Crippen LogP contribution in [0.15, 0.2) is 42.6 Å². The normalized spacial score (nSPS) is 12.4. The Bertz CT molecular complexity index is 871. The van der Waals surface area contributed by atoms with Crippen molar-refractivity contribution >= 4 is 27.5 Å². The summed E-state index contributed by atoms with van der Waals surface area (Å²) in [6, 6.07) is 13.2. The van der Waals surface area contributed by atoms with Gasteiger partial charge in [0.25, 0.3) is 0 Å². The van der Waals surface area contributed by atoms with E-state index >= 15 is 0 Å². The Morgan fingerprint density at radius 2 is 1.90 bits per heavy atom. The van der Waals surface area contributed by atoms with Gasteiger partial charge in [-0.2, -0.15) is 5.26 Å². The smallest absolute Gasteiger partial charge is 0.326 e. The molecule has 0 unspecified atom stereocenters. The maximum absolute atomic E-state index is 11.1. The van der Waals surface area contributed by atoms with Gasteiger partial charge in [0, 0.05) is 17.0 Å². The molecule has 1 N–H and O–H groups in total. The lowest BCUT2D eigenvalue weighted by molar-refractivity contribution is -0.140. The number of aromatic nitrogens is 1. The van der Waals surface area contributed by atoms with E-state index < -0.39 is 12.0 Å². The van der Waals surface area contributed by atoms with Crippen LogP contribution in [0.2, 0.25) is 0 Å². The minimum Gasteiger partial charge on any atom is -0.480 e. The van der Waals surface area contributed by atoms with E-state index in [0.29, 0.717) is 5.69 Å². The zero-order chi connectivity index (χ0) is 14.3. The van der Waals surface area contributed by atoms with E-state index in [1.54, 1.807) is 13.1 Å². The third kappa shape index (κ3) is 1.72. The molecule has 4 heteroatoms. The van der Waals surface area contributed by atoms with Crippen LogP contribution in [-0.4, -0.2) is 15.6 Å². The summed E-state index contributed by atoms with van der Waals surface area (Å²) < 4.78 is 1.52. The quantitative estimate of drug-likeness (QED) is 0.772. The molecule has 0 amide bonds. The molecule has 0 aliphatic rings. The summed E-state index contributed by atoms with van der Waals surface area (Å²) in [5.41, 5.74) is 0.389. The Morgan fingerprint density at radius 3 is 2.50 bits per heavy atom. The van der Waals surface area contributed by atoms with Crippen molar-refractivity contribution in [1.29, 1.82) is 5.26 Å². The number of benzene rings is 2. The molecule has 0 bridgehead atoms. The summed E-state index contributed by atoms with van der Waals surface area (Å²) in [5, 5.41) is 22.3. The molecule has 0 saturated carbocycles. The van der Waals surface area contributed by atoms with Crippen molar-refractivity contribution in [2.24, 2.45) is 0 Å². The standard InChI is InChI=1S/C16H12N2O2/c1-10(16(19)20)18-9-13-6-11-4-2-3-5-12(11)7-14(13)15(18)8-17/h2-7,9-10H,1H3,(H,19,20)/t10-/m0/s1. The summed E-state index contributed by atoms with van der Waals surface area (Å²) in [7, 11) is 0. The molecule has 0 fully saturated rings. The van der Waals surface area contributed by atoms with E-state index in [1.165, 1.54) is 4.57 Å². The molecular weight excluding hydrogens is 252 g/mol. The SMILES string of the molecule is C[C@@H](C(=O)O)n1cc2cc3ccccc3cc2c1C#N. The maximum Gasteiger partial charge on any atom is 0.326 e. The second-order valence-corrected chi connectivity index (χ2v) is 4.80. The number of carboxylic acid groups (broad SMARTS) is 1. The Balaban J connectivity index is 2.36. The van der Waals surface area contributed by atoms with Crippen LogP contribution < -0.4 is 0 Å². The van der Waals surface area contributed by atoms with Crippen molar-refractivity contribution in [1.82, 2.24) is 4.57 Å². The minimum atomic E-state index is -0.952. The highest BCUT2D eigenvalue weighted by Gasteiger charge is 2.19. The van der Waals surface area contributed by atoms with Gasteiger partial charge in [-0.3, -0.25) is 0 Å². The molecule has 0 aliphatic carbocycles. The number of rotatable bonds is 2. The van der Waals surface area contributed by atoms with Crippen molar-refractivity contribution in [2.75, 3.05) is 0 Å². The number of nitrogens with zero attached hydrogens (tertiary/aromatic N) is 2. The van der Waals surface area contributed by atoms with Gasteiger partial charge < -0.3 is 9.67 Å². The molecular formula is C16H12N2O2. The highest BCUT2D eigenvalue weighted by atomic mass is 16.4. The molecule has 1 atom stereocenters. The lowest BCUT2D eigenvalue weighted by Crippen LogP contribution is -2.15. The first-order chi connectivity index (χ1) is 9.61. The summed E-state index contributed by atoms with van der Waals surface area (Å²) >= 11 is 0. The fourth-order valence-electron chi connectivity index (χ4n) is 2.47. The number of fused-ring (bicyclic) bond motifs is 2. The van der Waals surface area contributed by atoms with Crippen LogP contribution in [0, 0.1) is 11.3 Å². The van der Waals surface area contributed by atoms with E-state index in [0.717, 1.165) is 21.5 Å². The fraction of sp³-hybridized carbons (Fsp3) is 0.125.